The van der Waals surface area contributed by atoms with Crippen LogP contribution in [0.25, 0.3) is 10.9 Å². The summed E-state index contributed by atoms with van der Waals surface area (Å²) in [6.07, 6.45) is 6.47. The van der Waals surface area contributed by atoms with Gasteiger partial charge in [-0.15, -0.1) is 5.10 Å². The SMILES string of the molecule is CC(C)C[C@H](NC(=O)[C@@H](CCCn1nnc2c1CC[C@H]1C(CC2)[C@H]1COC(=O)NCCOCCOCCNC(=O)c1ccc2c(c1)C(=O)OC21c2ccc(O)cc2Oc2cc(O)ccc21)NC(=O)[C@H](Cc1ccc(O)cc1)NC(=O)[C@H](CO)NC(=O)[C@H](Cc1c[nH]c2ccccc12)NC(=O)[C@H](Cc1c[nH]cn1)NC(=O)[C@@H]1CCC(=O)N1)C(=O)N[C@@H](CCCNC(=N)N)C(=O)N1CCCC1C(=O)NCC(N)=O. The lowest BCUT2D eigenvalue weighted by atomic mass is 9.77. The number of benzene rings is 5. The first-order valence-corrected chi connectivity index (χ1v) is 47.1. The molecule has 2 unspecified atom stereocenters. The fraction of sp³-hybridized carbons (Fsp3) is 0.458. The summed E-state index contributed by atoms with van der Waals surface area (Å²) < 4.78 is 30.9. The number of ether oxygens (including phenoxy) is 5. The topological polar surface area (TPSA) is 665 Å². The number of likely N-dealkylation sites (tertiary alicyclic amines) is 1. The van der Waals surface area contributed by atoms with Gasteiger partial charge >= 0.3 is 12.1 Å². The molecule has 2 aliphatic carbocycles. The summed E-state index contributed by atoms with van der Waals surface area (Å²) in [6.45, 7) is 3.37. The van der Waals surface area contributed by atoms with Crippen LogP contribution in [0.4, 0.5) is 4.79 Å². The van der Waals surface area contributed by atoms with Gasteiger partial charge in [-0.2, -0.15) is 0 Å². The standard InChI is InChI=1S/C96H118N22O23/c1-51(2)38-72(86(128)109-71(10-5-29-102-94(98)99)92(134)117-32-7-12-78(117)91(133)105-47-81(97)123)110-84(126)69(108-87(129)73(39-52-13-16-56(120)17-14-52)111-90(132)76(48-119)114-88(130)74(41-54-45-104-67-9-4-3-8-59(54)67)112-89(131)75(42-55-46-100-50-106-55)113-85(127)70-26-28-82(124)107-70)11-6-33-118-77-27-21-61-60(20-25-68(77)115-116-118)63(61)49-139-95(136)103-31-35-138-37-36-137-34-30-101-83(125)53-15-22-64-62(40-53)93(135)141-96(64)65-23-18-57(121)43-79(65)140-80-44-58(122)19-24-66(80)96/h3-4,8-9,13-19,22-24,40,43-46,50-51,60-61,63,69-76,78,104,119-122H,5-7,10-12,20-21,25-39,41-42,47-49H2,1-2H3,(H2,97,123)(H,100,106)(H,101,125)(H,103,136)(H,105,133)(H,107,124)(H,108,129)(H,109,128)(H,110,126)(H,111,132)(H,112,131)(H,113,127)(H,114,130)(H4,98,99,102)/t60?,61-,63+,69+,70-,71-,72-,73-,74-,75-,76-,78?/m0/s1. The minimum absolute atomic E-state index is 0.0324. The number of hydrogen-bond donors (Lipinski definition) is 21. The Morgan fingerprint density at radius 3 is 1.91 bits per heavy atom. The van der Waals surface area contributed by atoms with Gasteiger partial charge in [-0.3, -0.25) is 62.9 Å². The Labute approximate surface area is 808 Å². The van der Waals surface area contributed by atoms with E-state index in [0.717, 1.165) is 11.4 Å². The Hall–Kier alpha value is -15.3. The van der Waals surface area contributed by atoms with Crippen molar-refractivity contribution in [2.75, 3.05) is 72.4 Å². The van der Waals surface area contributed by atoms with Crippen LogP contribution in [-0.4, -0.2) is 271 Å². The number of aromatic hydroxyl groups is 3. The van der Waals surface area contributed by atoms with Gasteiger partial charge in [0.1, 0.15) is 83.1 Å². The van der Waals surface area contributed by atoms with E-state index in [4.69, 9.17) is 40.6 Å². The predicted octanol–water partition coefficient (Wildman–Crippen LogP) is 0.172. The van der Waals surface area contributed by atoms with Crippen LogP contribution < -0.4 is 80.0 Å². The highest BCUT2D eigenvalue weighted by molar-refractivity contribution is 6.03. The molecule has 1 saturated carbocycles. The van der Waals surface area contributed by atoms with Crippen LogP contribution in [-0.2, 0) is 116 Å². The highest BCUT2D eigenvalue weighted by atomic mass is 16.6. The summed E-state index contributed by atoms with van der Waals surface area (Å²) in [5.74, 6) is -10.1. The molecule has 14 rings (SSSR count). The molecule has 1 spiro atoms. The lowest BCUT2D eigenvalue weighted by Crippen LogP contribution is -2.61. The van der Waals surface area contributed by atoms with Crippen LogP contribution in [0, 0.1) is 29.1 Å². The quantitative estimate of drug-likeness (QED) is 0.0105. The second-order valence-corrected chi connectivity index (χ2v) is 36.2. The van der Waals surface area contributed by atoms with Crippen molar-refractivity contribution in [3.05, 3.63) is 178 Å². The van der Waals surface area contributed by atoms with Crippen molar-refractivity contribution in [3.8, 4) is 28.7 Å². The second-order valence-electron chi connectivity index (χ2n) is 36.2. The Balaban J connectivity index is 0.607. The number of carbonyl (C=O) groups is 14. The zero-order valence-corrected chi connectivity index (χ0v) is 77.8. The maximum atomic E-state index is 15.5. The molecule has 4 aliphatic heterocycles. The number of phenols is 3. The van der Waals surface area contributed by atoms with Crippen LogP contribution in [0.3, 0.4) is 0 Å². The number of aryl methyl sites for hydroxylation is 2. The van der Waals surface area contributed by atoms with Gasteiger partial charge in [0.25, 0.3) is 5.91 Å². The first-order valence-electron chi connectivity index (χ1n) is 47.1. The lowest BCUT2D eigenvalue weighted by Gasteiger charge is -2.36. The van der Waals surface area contributed by atoms with Gasteiger partial charge < -0.3 is 134 Å². The summed E-state index contributed by atoms with van der Waals surface area (Å²) in [6, 6.07) is 13.5. The number of aliphatic hydroxyl groups is 1. The average Bonchev–Trinajstić information content (AvgIpc) is 1.57. The first kappa shape index (κ1) is 102. The molecule has 3 aromatic heterocycles. The molecule has 3 fully saturated rings. The molecule has 0 radical (unpaired) electrons. The van der Waals surface area contributed by atoms with Crippen LogP contribution in [0.15, 0.2) is 122 Å². The number of aromatic nitrogens is 6. The van der Waals surface area contributed by atoms with E-state index >= 15 is 14.4 Å². The average molecular weight is 1950 g/mol. The van der Waals surface area contributed by atoms with Gasteiger partial charge in [-0.1, -0.05) is 55.5 Å². The molecule has 750 valence electrons. The Morgan fingerprint density at radius 2 is 1.24 bits per heavy atom. The molecule has 8 aromatic rings. The van der Waals surface area contributed by atoms with Gasteiger partial charge in [-0.05, 0) is 166 Å². The molecule has 45 heteroatoms. The molecular formula is C96H118N22O23. The number of nitrogens with two attached hydrogens (primary N) is 2. The van der Waals surface area contributed by atoms with Crippen LogP contribution in [0.1, 0.15) is 150 Å². The van der Waals surface area contributed by atoms with E-state index < -0.39 is 150 Å². The number of esters is 1. The summed E-state index contributed by atoms with van der Waals surface area (Å²) in [4.78, 5) is 208. The van der Waals surface area contributed by atoms with E-state index in [1.165, 1.54) is 72.0 Å². The van der Waals surface area contributed by atoms with Crippen molar-refractivity contribution >= 4 is 99.8 Å². The number of phenolic OH excluding ortho intramolecular Hbond substituents is 3. The number of guanidine groups is 1. The van der Waals surface area contributed by atoms with Gasteiger partial charge in [-0.25, -0.2) is 19.3 Å². The molecule has 7 heterocycles. The molecule has 5 aromatic carbocycles. The Bertz CT molecular complexity index is 5880. The normalized spacial score (nSPS) is 18.2. The minimum Gasteiger partial charge on any atom is -0.508 e. The van der Waals surface area contributed by atoms with Crippen molar-refractivity contribution in [2.24, 2.45) is 35.1 Å². The van der Waals surface area contributed by atoms with Crippen molar-refractivity contribution < 1.29 is 111 Å². The zero-order chi connectivity index (χ0) is 100. The molecule has 23 N–H and O–H groups in total. The molecule has 13 amide bonds. The first-order chi connectivity index (χ1) is 67.9. The number of amides is 13. The van der Waals surface area contributed by atoms with Gasteiger partial charge in [0.2, 0.25) is 65.0 Å². The molecule has 141 heavy (non-hydrogen) atoms. The van der Waals surface area contributed by atoms with E-state index in [9.17, 15) is 73.2 Å². The minimum atomic E-state index is -1.86. The number of primary amides is 1. The number of aliphatic hydroxyl groups excluding tert-OH is 1. The number of imidazole rings is 1. The fourth-order valence-corrected chi connectivity index (χ4v) is 18.7. The Kier molecular flexibility index (Phi) is 33.8. The van der Waals surface area contributed by atoms with Crippen molar-refractivity contribution in [3.63, 3.8) is 0 Å². The number of nitrogens with zero attached hydrogens (tertiary/aromatic N) is 5. The second kappa shape index (κ2) is 46.9. The van der Waals surface area contributed by atoms with Crippen LogP contribution in [0.5, 0.6) is 28.7 Å². The maximum Gasteiger partial charge on any atom is 0.407 e. The number of H-pyrrole nitrogens is 2. The number of aromatic amines is 2. The summed E-state index contributed by atoms with van der Waals surface area (Å²) in [5.41, 5.74) is 14.6. The molecule has 45 nitrogen and oxygen atoms in total. The monoisotopic (exact) mass is 1950 g/mol. The molecule has 2 saturated heterocycles. The fourth-order valence-electron chi connectivity index (χ4n) is 18.7. The van der Waals surface area contributed by atoms with Crippen LogP contribution in [0.2, 0.25) is 0 Å². The number of nitrogens with one attached hydrogen (secondary N) is 15. The van der Waals surface area contributed by atoms with Crippen molar-refractivity contribution in [1.82, 2.24) is 98.6 Å². The van der Waals surface area contributed by atoms with Crippen molar-refractivity contribution in [1.29, 1.82) is 5.41 Å². The third kappa shape index (κ3) is 25.8. The zero-order valence-electron chi connectivity index (χ0n) is 77.8. The van der Waals surface area contributed by atoms with E-state index in [-0.39, 0.29) is 212 Å². The molecule has 12 atom stereocenters. The number of para-hydroxylation sites is 1. The van der Waals surface area contributed by atoms with Gasteiger partial charge in [0, 0.05) is 116 Å². The van der Waals surface area contributed by atoms with E-state index in [1.54, 1.807) is 73.3 Å². The summed E-state index contributed by atoms with van der Waals surface area (Å²) in [5, 5.41) is 91.9. The predicted molar refractivity (Wildman–Crippen MR) is 501 cm³/mol. The third-order valence-electron chi connectivity index (χ3n) is 25.9. The maximum absolute atomic E-state index is 15.5. The van der Waals surface area contributed by atoms with E-state index in [1.807, 2.05) is 0 Å². The van der Waals surface area contributed by atoms with Crippen molar-refractivity contribution in [2.45, 2.75) is 183 Å². The number of alkyl carbamates (subject to hydrolysis) is 1. The number of hydrogen-bond acceptors (Lipinski definition) is 27. The molecule has 6 aliphatic rings. The van der Waals surface area contributed by atoms with E-state index in [2.05, 4.69) is 89.1 Å². The molecular weight excluding hydrogens is 1830 g/mol. The molecule has 0 bridgehead atoms. The summed E-state index contributed by atoms with van der Waals surface area (Å²) >= 11 is 0. The lowest BCUT2D eigenvalue weighted by molar-refractivity contribution is -0.142. The third-order valence-corrected chi connectivity index (χ3v) is 25.9. The summed E-state index contributed by atoms with van der Waals surface area (Å²) in [7, 11) is 0. The van der Waals surface area contributed by atoms with E-state index in [0.29, 0.717) is 76.5 Å². The number of carbonyl (C=O) groups excluding carboxylic acids is 14. The van der Waals surface area contributed by atoms with Gasteiger partial charge in [0.15, 0.2) is 11.6 Å². The number of rotatable bonds is 47. The Morgan fingerprint density at radius 1 is 0.617 bits per heavy atom. The smallest absolute Gasteiger partial charge is 0.407 e. The van der Waals surface area contributed by atoms with Gasteiger partial charge in [0.05, 0.1) is 75.2 Å². The highest BCUT2D eigenvalue weighted by Crippen LogP contribution is 2.58. The van der Waals surface area contributed by atoms with Crippen LogP contribution >= 0.6 is 0 Å². The number of fused-ring (bicyclic) bond motifs is 9. The largest absolute Gasteiger partial charge is 0.508 e. The highest BCUT2D eigenvalue weighted by Gasteiger charge is 2.55.